The zero-order valence-corrected chi connectivity index (χ0v) is 13.0. The van der Waals surface area contributed by atoms with Crippen molar-refractivity contribution in [1.82, 2.24) is 9.97 Å². The maximum Gasteiger partial charge on any atom is 0.252 e. The van der Waals surface area contributed by atoms with Gasteiger partial charge in [-0.25, -0.2) is 10.4 Å². The molecule has 7 heteroatoms. The molecule has 0 saturated heterocycles. The lowest BCUT2D eigenvalue weighted by Crippen LogP contribution is -2.10. The summed E-state index contributed by atoms with van der Waals surface area (Å²) in [6.07, 6.45) is 3.25. The highest BCUT2D eigenvalue weighted by Gasteiger charge is 2.04. The maximum absolute atomic E-state index is 11.3. The lowest BCUT2D eigenvalue weighted by Gasteiger charge is -2.09. The largest absolute Gasteiger partial charge is 0.493 e. The van der Waals surface area contributed by atoms with Crippen LogP contribution in [0.15, 0.2) is 46.8 Å². The molecule has 0 atom stereocenters. The summed E-state index contributed by atoms with van der Waals surface area (Å²) in [6, 6.07) is 6.81. The van der Waals surface area contributed by atoms with Gasteiger partial charge < -0.3 is 9.47 Å². The van der Waals surface area contributed by atoms with Crippen LogP contribution in [0.3, 0.4) is 0 Å². The number of nitrogens with one attached hydrogen (secondary N) is 2. The monoisotopic (exact) mass is 314 g/mol. The van der Waals surface area contributed by atoms with Gasteiger partial charge in [-0.05, 0) is 30.7 Å². The molecule has 2 N–H and O–H groups in total. The minimum atomic E-state index is -0.236. The summed E-state index contributed by atoms with van der Waals surface area (Å²) in [5.41, 5.74) is 3.85. The van der Waals surface area contributed by atoms with Crippen LogP contribution >= 0.6 is 0 Å². The van der Waals surface area contributed by atoms with Gasteiger partial charge in [0, 0.05) is 11.8 Å². The number of hydrazone groups is 1. The lowest BCUT2D eigenvalue weighted by atomic mass is 10.2. The molecule has 0 saturated carbocycles. The van der Waals surface area contributed by atoms with Gasteiger partial charge in [-0.1, -0.05) is 12.7 Å². The molecular formula is C16H18N4O3. The van der Waals surface area contributed by atoms with Gasteiger partial charge in [0.2, 0.25) is 5.95 Å². The Hall–Kier alpha value is -3.09. The van der Waals surface area contributed by atoms with Gasteiger partial charge in [0.15, 0.2) is 11.5 Å². The van der Waals surface area contributed by atoms with Crippen molar-refractivity contribution < 1.29 is 9.47 Å². The Morgan fingerprint density at radius 1 is 1.39 bits per heavy atom. The van der Waals surface area contributed by atoms with E-state index >= 15 is 0 Å². The summed E-state index contributed by atoms with van der Waals surface area (Å²) in [5.74, 6) is 1.50. The molecule has 1 heterocycles. The molecule has 120 valence electrons. The average molecular weight is 314 g/mol. The minimum Gasteiger partial charge on any atom is -0.493 e. The third-order valence-electron chi connectivity index (χ3n) is 2.80. The number of methoxy groups -OCH3 is 1. The lowest BCUT2D eigenvalue weighted by molar-refractivity contribution is 0.326. The smallest absolute Gasteiger partial charge is 0.252 e. The quantitative estimate of drug-likeness (QED) is 0.464. The Morgan fingerprint density at radius 2 is 2.22 bits per heavy atom. The van der Waals surface area contributed by atoms with E-state index in [-0.39, 0.29) is 11.5 Å². The van der Waals surface area contributed by atoms with E-state index in [4.69, 9.17) is 9.47 Å². The Balaban J connectivity index is 2.09. The number of H-pyrrole nitrogens is 1. The van der Waals surface area contributed by atoms with Crippen LogP contribution in [0, 0.1) is 6.92 Å². The number of anilines is 1. The van der Waals surface area contributed by atoms with Crippen LogP contribution in [0.25, 0.3) is 0 Å². The van der Waals surface area contributed by atoms with Gasteiger partial charge in [-0.2, -0.15) is 5.10 Å². The zero-order chi connectivity index (χ0) is 16.7. The van der Waals surface area contributed by atoms with Gasteiger partial charge in [0.05, 0.1) is 13.3 Å². The second-order valence-electron chi connectivity index (χ2n) is 4.62. The first kappa shape index (κ1) is 16.3. The number of rotatable bonds is 7. The van der Waals surface area contributed by atoms with Crippen LogP contribution < -0.4 is 20.5 Å². The van der Waals surface area contributed by atoms with E-state index in [0.717, 1.165) is 5.56 Å². The molecule has 0 radical (unpaired) electrons. The predicted octanol–water partition coefficient (Wildman–Crippen LogP) is 2.10. The highest BCUT2D eigenvalue weighted by molar-refractivity contribution is 5.81. The van der Waals surface area contributed by atoms with E-state index in [1.54, 1.807) is 38.5 Å². The Kier molecular flexibility index (Phi) is 5.51. The Bertz CT molecular complexity index is 768. The third-order valence-corrected chi connectivity index (χ3v) is 2.80. The maximum atomic E-state index is 11.3. The SMILES string of the molecule is C=CCOc1ccc(/C=N\Nc2nc(C)cc(=O)[nH]2)cc1OC. The van der Waals surface area contributed by atoms with Gasteiger partial charge in [-0.3, -0.25) is 9.78 Å². The number of aromatic nitrogens is 2. The van der Waals surface area contributed by atoms with E-state index in [0.29, 0.717) is 23.8 Å². The summed E-state index contributed by atoms with van der Waals surface area (Å²) in [7, 11) is 1.57. The van der Waals surface area contributed by atoms with Crippen LogP contribution in [0.1, 0.15) is 11.3 Å². The molecule has 0 fully saturated rings. The van der Waals surface area contributed by atoms with Crippen molar-refractivity contribution in [3.05, 3.63) is 58.5 Å². The normalized spacial score (nSPS) is 10.5. The first-order valence-corrected chi connectivity index (χ1v) is 6.91. The van der Waals surface area contributed by atoms with Crippen LogP contribution in [0.5, 0.6) is 11.5 Å². The molecule has 0 spiro atoms. The summed E-state index contributed by atoms with van der Waals surface area (Å²) in [5, 5.41) is 4.04. The number of aromatic amines is 1. The number of ether oxygens (including phenoxy) is 2. The summed E-state index contributed by atoms with van der Waals surface area (Å²) in [6.45, 7) is 5.74. The summed E-state index contributed by atoms with van der Waals surface area (Å²) >= 11 is 0. The van der Waals surface area contributed by atoms with E-state index in [2.05, 4.69) is 27.1 Å². The summed E-state index contributed by atoms with van der Waals surface area (Å²) < 4.78 is 10.8. The van der Waals surface area contributed by atoms with Crippen molar-refractivity contribution >= 4 is 12.2 Å². The van der Waals surface area contributed by atoms with E-state index in [1.165, 1.54) is 6.07 Å². The van der Waals surface area contributed by atoms with Crippen LogP contribution in [0.4, 0.5) is 5.95 Å². The highest BCUT2D eigenvalue weighted by atomic mass is 16.5. The predicted molar refractivity (Wildman–Crippen MR) is 89.5 cm³/mol. The van der Waals surface area contributed by atoms with Gasteiger partial charge >= 0.3 is 0 Å². The molecule has 0 aliphatic rings. The molecule has 7 nitrogen and oxygen atoms in total. The second-order valence-corrected chi connectivity index (χ2v) is 4.62. The summed E-state index contributed by atoms with van der Waals surface area (Å²) in [4.78, 5) is 18.0. The Labute approximate surface area is 133 Å². The Morgan fingerprint density at radius 3 is 2.91 bits per heavy atom. The van der Waals surface area contributed by atoms with Crippen molar-refractivity contribution in [3.63, 3.8) is 0 Å². The molecule has 0 bridgehead atoms. The molecule has 1 aromatic heterocycles. The molecule has 0 aliphatic carbocycles. The average Bonchev–Trinajstić information content (AvgIpc) is 2.52. The van der Waals surface area contributed by atoms with Crippen molar-refractivity contribution in [1.29, 1.82) is 0 Å². The molecular weight excluding hydrogens is 296 g/mol. The van der Waals surface area contributed by atoms with Gasteiger partial charge in [-0.15, -0.1) is 0 Å². The first-order valence-electron chi connectivity index (χ1n) is 6.91. The molecule has 0 unspecified atom stereocenters. The van der Waals surface area contributed by atoms with Gasteiger partial charge in [0.25, 0.3) is 5.56 Å². The van der Waals surface area contributed by atoms with Crippen molar-refractivity contribution in [2.24, 2.45) is 5.10 Å². The minimum absolute atomic E-state index is 0.236. The number of benzene rings is 1. The van der Waals surface area contributed by atoms with Crippen LogP contribution in [-0.2, 0) is 0 Å². The van der Waals surface area contributed by atoms with Gasteiger partial charge in [0.1, 0.15) is 6.61 Å². The van der Waals surface area contributed by atoms with E-state index < -0.39 is 0 Å². The topological polar surface area (TPSA) is 88.6 Å². The number of hydrogen-bond acceptors (Lipinski definition) is 6. The molecule has 0 aliphatic heterocycles. The van der Waals surface area contributed by atoms with Crippen LogP contribution in [-0.4, -0.2) is 29.9 Å². The number of aryl methyl sites for hydroxylation is 1. The standard InChI is InChI=1S/C16H18N4O3/c1-4-7-23-13-6-5-12(9-14(13)22-3)10-17-20-16-18-11(2)8-15(21)19-16/h4-6,8-10H,1,7H2,2-3H3,(H2,18,19,20,21)/b17-10-. The highest BCUT2D eigenvalue weighted by Crippen LogP contribution is 2.27. The fourth-order valence-corrected chi connectivity index (χ4v) is 1.83. The first-order chi connectivity index (χ1) is 11.1. The second kappa shape index (κ2) is 7.79. The van der Waals surface area contributed by atoms with Crippen molar-refractivity contribution in [3.8, 4) is 11.5 Å². The van der Waals surface area contributed by atoms with Crippen molar-refractivity contribution in [2.75, 3.05) is 19.1 Å². The van der Waals surface area contributed by atoms with E-state index in [1.807, 2.05) is 6.07 Å². The van der Waals surface area contributed by atoms with E-state index in [9.17, 15) is 4.79 Å². The molecule has 23 heavy (non-hydrogen) atoms. The molecule has 2 aromatic rings. The number of hydrogen-bond donors (Lipinski definition) is 2. The zero-order valence-electron chi connectivity index (χ0n) is 13.0. The fraction of sp³-hybridized carbons (Fsp3) is 0.188. The fourth-order valence-electron chi connectivity index (χ4n) is 1.83. The third kappa shape index (κ3) is 4.70. The molecule has 1 aromatic carbocycles. The molecule has 2 rings (SSSR count). The molecule has 0 amide bonds. The van der Waals surface area contributed by atoms with Crippen molar-refractivity contribution in [2.45, 2.75) is 6.92 Å². The number of nitrogens with zero attached hydrogens (tertiary/aromatic N) is 2. The van der Waals surface area contributed by atoms with Crippen LogP contribution in [0.2, 0.25) is 0 Å².